The van der Waals surface area contributed by atoms with Crippen molar-refractivity contribution in [3.05, 3.63) is 28.2 Å². The number of thioether (sulfide) groups is 1. The molecule has 0 N–H and O–H groups in total. The fraction of sp³-hybridized carbons (Fsp3) is 0.571. The van der Waals surface area contributed by atoms with Crippen LogP contribution in [0, 0.1) is 5.92 Å². The Balaban J connectivity index is 2.00. The van der Waals surface area contributed by atoms with Gasteiger partial charge in [-0.25, -0.2) is 4.79 Å². The zero-order chi connectivity index (χ0) is 21.0. The van der Waals surface area contributed by atoms with Crippen LogP contribution in [0.15, 0.2) is 22.7 Å². The van der Waals surface area contributed by atoms with Gasteiger partial charge in [-0.15, -0.1) is 11.8 Å². The Morgan fingerprint density at radius 2 is 2.03 bits per heavy atom. The first kappa shape index (κ1) is 22.2. The van der Waals surface area contributed by atoms with Crippen LogP contribution in [-0.4, -0.2) is 48.6 Å². The first-order chi connectivity index (χ1) is 14.0. The fourth-order valence-electron chi connectivity index (χ4n) is 4.10. The number of amides is 2. The van der Waals surface area contributed by atoms with E-state index in [-0.39, 0.29) is 29.8 Å². The van der Waals surface area contributed by atoms with E-state index in [4.69, 9.17) is 4.74 Å². The average molecular weight is 483 g/mol. The summed E-state index contributed by atoms with van der Waals surface area (Å²) in [5, 5.41) is -0.339. The van der Waals surface area contributed by atoms with Crippen molar-refractivity contribution in [1.29, 1.82) is 0 Å². The fourth-order valence-corrected chi connectivity index (χ4v) is 5.92. The molecule has 1 saturated carbocycles. The van der Waals surface area contributed by atoms with Crippen molar-refractivity contribution >= 4 is 51.7 Å². The first-order valence-electron chi connectivity index (χ1n) is 10.1. The molecule has 0 spiro atoms. The van der Waals surface area contributed by atoms with Crippen molar-refractivity contribution in [3.8, 4) is 0 Å². The van der Waals surface area contributed by atoms with Crippen LogP contribution < -0.4 is 4.90 Å². The van der Waals surface area contributed by atoms with Crippen molar-refractivity contribution in [2.75, 3.05) is 24.3 Å². The highest BCUT2D eigenvalue weighted by Crippen LogP contribution is 2.47. The number of esters is 1. The molecule has 2 aliphatic rings. The molecule has 3 rings (SSSR count). The molecular formula is C21H27BrN2O4S. The molecule has 1 heterocycles. The summed E-state index contributed by atoms with van der Waals surface area (Å²) in [6.45, 7) is 2.06. The molecule has 158 valence electrons. The number of hydrogen-bond donors (Lipinski definition) is 0. The maximum atomic E-state index is 13.5. The highest BCUT2D eigenvalue weighted by atomic mass is 79.9. The molecular weight excluding hydrogens is 456 g/mol. The minimum atomic E-state index is -0.604. The molecule has 1 aliphatic heterocycles. The van der Waals surface area contributed by atoms with E-state index in [9.17, 15) is 14.4 Å². The second-order valence-electron chi connectivity index (χ2n) is 7.45. The summed E-state index contributed by atoms with van der Waals surface area (Å²) in [6, 6.07) is 5.05. The van der Waals surface area contributed by atoms with Crippen molar-refractivity contribution < 1.29 is 19.1 Å². The predicted molar refractivity (Wildman–Crippen MR) is 118 cm³/mol. The van der Waals surface area contributed by atoms with E-state index in [1.807, 2.05) is 18.2 Å². The van der Waals surface area contributed by atoms with E-state index in [1.54, 1.807) is 30.6 Å². The monoisotopic (exact) mass is 482 g/mol. The third kappa shape index (κ3) is 4.79. The molecule has 29 heavy (non-hydrogen) atoms. The van der Waals surface area contributed by atoms with E-state index in [2.05, 4.69) is 15.9 Å². The van der Waals surface area contributed by atoms with E-state index in [1.165, 1.54) is 4.90 Å². The van der Waals surface area contributed by atoms with Crippen LogP contribution >= 0.6 is 27.7 Å². The van der Waals surface area contributed by atoms with E-state index >= 15 is 0 Å². The third-order valence-corrected chi connectivity index (χ3v) is 7.36. The minimum absolute atomic E-state index is 0.0254. The van der Waals surface area contributed by atoms with Gasteiger partial charge in [0.05, 0.1) is 6.61 Å². The van der Waals surface area contributed by atoms with Crippen molar-refractivity contribution in [3.63, 3.8) is 0 Å². The topological polar surface area (TPSA) is 66.9 Å². The summed E-state index contributed by atoms with van der Waals surface area (Å²) < 4.78 is 6.14. The van der Waals surface area contributed by atoms with Gasteiger partial charge in [0.1, 0.15) is 11.4 Å². The Hall–Kier alpha value is -1.54. The largest absolute Gasteiger partial charge is 0.464 e. The molecule has 0 bridgehead atoms. The second kappa shape index (κ2) is 9.98. The lowest BCUT2D eigenvalue weighted by Crippen LogP contribution is -2.46. The van der Waals surface area contributed by atoms with Gasteiger partial charge in [-0.3, -0.25) is 9.59 Å². The number of halogens is 1. The highest BCUT2D eigenvalue weighted by Gasteiger charge is 2.45. The Morgan fingerprint density at radius 1 is 1.31 bits per heavy atom. The van der Waals surface area contributed by atoms with Gasteiger partial charge in [-0.1, -0.05) is 35.2 Å². The Labute approximate surface area is 184 Å². The van der Waals surface area contributed by atoms with Gasteiger partial charge in [-0.05, 0) is 38.0 Å². The smallest absolute Gasteiger partial charge is 0.329 e. The van der Waals surface area contributed by atoms with Crippen LogP contribution in [0.3, 0.4) is 0 Å². The molecule has 1 saturated heterocycles. The van der Waals surface area contributed by atoms with Gasteiger partial charge in [0.15, 0.2) is 0 Å². The summed E-state index contributed by atoms with van der Waals surface area (Å²) in [5.74, 6) is 0.101. The lowest BCUT2D eigenvalue weighted by Gasteiger charge is -2.34. The van der Waals surface area contributed by atoms with Crippen molar-refractivity contribution in [1.82, 2.24) is 4.90 Å². The molecule has 2 atom stereocenters. The highest BCUT2D eigenvalue weighted by molar-refractivity contribution is 9.10. The number of rotatable bonds is 6. The summed E-state index contributed by atoms with van der Waals surface area (Å²) in [5.41, 5.74) is 1.57. The van der Waals surface area contributed by atoms with Gasteiger partial charge < -0.3 is 14.5 Å². The van der Waals surface area contributed by atoms with Crippen LogP contribution in [-0.2, 0) is 19.1 Å². The number of carbonyl (C=O) groups is 3. The molecule has 1 aliphatic carbocycles. The summed E-state index contributed by atoms with van der Waals surface area (Å²) in [4.78, 5) is 40.9. The lowest BCUT2D eigenvalue weighted by atomic mass is 9.88. The van der Waals surface area contributed by atoms with Crippen LogP contribution in [0.5, 0.6) is 0 Å². The van der Waals surface area contributed by atoms with Gasteiger partial charge in [-0.2, -0.15) is 0 Å². The summed E-state index contributed by atoms with van der Waals surface area (Å²) >= 11 is 5.06. The predicted octanol–water partition coefficient (Wildman–Crippen LogP) is 4.13. The first-order valence-corrected chi connectivity index (χ1v) is 11.9. The Bertz CT molecular complexity index is 769. The number of benzene rings is 1. The van der Waals surface area contributed by atoms with E-state index in [0.29, 0.717) is 5.75 Å². The molecule has 2 fully saturated rings. The molecule has 2 unspecified atom stereocenters. The molecule has 8 heteroatoms. The maximum Gasteiger partial charge on any atom is 0.329 e. The van der Waals surface area contributed by atoms with Crippen LogP contribution in [0.2, 0.25) is 0 Å². The van der Waals surface area contributed by atoms with Crippen LogP contribution in [0.4, 0.5) is 5.69 Å². The van der Waals surface area contributed by atoms with Gasteiger partial charge in [0, 0.05) is 34.4 Å². The van der Waals surface area contributed by atoms with Crippen molar-refractivity contribution in [2.24, 2.45) is 5.92 Å². The molecule has 1 aromatic carbocycles. The standard InChI is InChI=1S/C21H27BrN2O4S/c1-3-28-21(27)18-12-29-20(24(18)19(26)14-7-5-4-6-8-14)16-11-15(22)9-10-17(16)23(2)13-25/h9-11,13-14,18,20H,3-8,12H2,1-2H3. The van der Waals surface area contributed by atoms with Gasteiger partial charge >= 0.3 is 5.97 Å². The number of nitrogens with zero attached hydrogens (tertiary/aromatic N) is 2. The maximum absolute atomic E-state index is 13.5. The molecule has 6 nitrogen and oxygen atoms in total. The molecule has 0 radical (unpaired) electrons. The third-order valence-electron chi connectivity index (χ3n) is 5.56. The minimum Gasteiger partial charge on any atom is -0.464 e. The van der Waals surface area contributed by atoms with E-state index < -0.39 is 6.04 Å². The van der Waals surface area contributed by atoms with E-state index in [0.717, 1.165) is 54.2 Å². The molecule has 2 amide bonds. The number of anilines is 1. The van der Waals surface area contributed by atoms with Crippen LogP contribution in [0.25, 0.3) is 0 Å². The number of hydrogen-bond acceptors (Lipinski definition) is 5. The SMILES string of the molecule is CCOC(=O)C1CSC(c2cc(Br)ccc2N(C)C=O)N1C(=O)C1CCCCC1. The Kier molecular flexibility index (Phi) is 7.62. The molecule has 0 aromatic heterocycles. The van der Waals surface area contributed by atoms with Gasteiger partial charge in [0.2, 0.25) is 12.3 Å². The summed E-state index contributed by atoms with van der Waals surface area (Å²) in [6.07, 6.45) is 5.72. The number of ether oxygens (including phenoxy) is 1. The zero-order valence-electron chi connectivity index (χ0n) is 16.8. The second-order valence-corrected chi connectivity index (χ2v) is 9.48. The van der Waals surface area contributed by atoms with Gasteiger partial charge in [0.25, 0.3) is 0 Å². The normalized spacial score (nSPS) is 22.4. The zero-order valence-corrected chi connectivity index (χ0v) is 19.2. The Morgan fingerprint density at radius 3 is 2.69 bits per heavy atom. The average Bonchev–Trinajstić information content (AvgIpc) is 3.18. The summed E-state index contributed by atoms with van der Waals surface area (Å²) in [7, 11) is 1.69. The quantitative estimate of drug-likeness (QED) is 0.450. The lowest BCUT2D eigenvalue weighted by molar-refractivity contribution is -0.155. The van der Waals surface area contributed by atoms with Crippen LogP contribution in [0.1, 0.15) is 50.0 Å². The van der Waals surface area contributed by atoms with Crippen molar-refractivity contribution in [2.45, 2.75) is 50.4 Å². The number of carbonyl (C=O) groups excluding carboxylic acids is 3. The molecule has 1 aromatic rings.